The minimum Gasteiger partial charge on any atom is -0.495 e. The van der Waals surface area contributed by atoms with E-state index >= 15 is 0 Å². The van der Waals surface area contributed by atoms with Gasteiger partial charge in [0.15, 0.2) is 0 Å². The second-order valence-electron chi connectivity index (χ2n) is 4.79. The van der Waals surface area contributed by atoms with Crippen LogP contribution in [0, 0.1) is 0 Å². The lowest BCUT2D eigenvalue weighted by molar-refractivity contribution is 0.0604. The number of amides is 2. The average Bonchev–Trinajstić information content (AvgIpc) is 3.01. The Morgan fingerprint density at radius 1 is 1.38 bits per heavy atom. The van der Waals surface area contributed by atoms with E-state index in [4.69, 9.17) is 4.74 Å². The van der Waals surface area contributed by atoms with Gasteiger partial charge >= 0.3 is 6.03 Å². The minimum atomic E-state index is -1.10. The van der Waals surface area contributed by atoms with Gasteiger partial charge in [-0.15, -0.1) is 0 Å². The summed E-state index contributed by atoms with van der Waals surface area (Å²) in [5, 5.41) is 19.4. The van der Waals surface area contributed by atoms with Gasteiger partial charge in [0.1, 0.15) is 11.4 Å². The molecule has 0 saturated heterocycles. The van der Waals surface area contributed by atoms with Crippen molar-refractivity contribution in [2.24, 2.45) is 0 Å². The first-order chi connectivity index (χ1) is 10.0. The molecule has 6 heteroatoms. The van der Waals surface area contributed by atoms with E-state index < -0.39 is 11.6 Å². The Hall–Kier alpha value is -2.05. The molecule has 2 aromatic rings. The Balaban J connectivity index is 1.93. The molecule has 0 spiro atoms. The molecule has 1 atom stereocenters. The molecule has 21 heavy (non-hydrogen) atoms. The molecule has 0 fully saturated rings. The van der Waals surface area contributed by atoms with Crippen LogP contribution in [0.3, 0.4) is 0 Å². The predicted octanol–water partition coefficient (Wildman–Crippen LogP) is 2.79. The molecule has 0 aliphatic rings. The summed E-state index contributed by atoms with van der Waals surface area (Å²) in [7, 11) is 1.54. The van der Waals surface area contributed by atoms with E-state index in [1.54, 1.807) is 32.2 Å². The maximum absolute atomic E-state index is 11.9. The van der Waals surface area contributed by atoms with Gasteiger partial charge in [0.25, 0.3) is 0 Å². The minimum absolute atomic E-state index is 0.116. The molecular formula is C15H18N2O3S. The number of carbonyl (C=O) groups excluding carboxylic acids is 1. The molecule has 112 valence electrons. The topological polar surface area (TPSA) is 70.6 Å². The molecule has 0 aliphatic carbocycles. The van der Waals surface area contributed by atoms with Crippen molar-refractivity contribution >= 4 is 23.1 Å². The largest absolute Gasteiger partial charge is 0.495 e. The third-order valence-corrected chi connectivity index (χ3v) is 3.77. The number of methoxy groups -OCH3 is 1. The number of nitrogens with one attached hydrogen (secondary N) is 2. The maximum Gasteiger partial charge on any atom is 0.319 e. The van der Waals surface area contributed by atoms with E-state index in [-0.39, 0.29) is 6.54 Å². The van der Waals surface area contributed by atoms with Crippen molar-refractivity contribution in [1.29, 1.82) is 0 Å². The summed E-state index contributed by atoms with van der Waals surface area (Å²) in [5.74, 6) is 0.581. The highest BCUT2D eigenvalue weighted by molar-refractivity contribution is 7.08. The molecule has 0 unspecified atom stereocenters. The van der Waals surface area contributed by atoms with Gasteiger partial charge in [-0.25, -0.2) is 4.79 Å². The van der Waals surface area contributed by atoms with Gasteiger partial charge in [-0.2, -0.15) is 11.3 Å². The second kappa shape index (κ2) is 6.60. The van der Waals surface area contributed by atoms with Crippen LogP contribution in [0.1, 0.15) is 12.5 Å². The average molecular weight is 306 g/mol. The molecule has 2 rings (SSSR count). The molecule has 0 saturated carbocycles. The summed E-state index contributed by atoms with van der Waals surface area (Å²) in [6.07, 6.45) is 0. The Labute approximate surface area is 127 Å². The van der Waals surface area contributed by atoms with Crippen LogP contribution in [0.5, 0.6) is 5.75 Å². The second-order valence-corrected chi connectivity index (χ2v) is 5.57. The molecule has 1 aromatic heterocycles. The van der Waals surface area contributed by atoms with Crippen LogP contribution in [0.25, 0.3) is 0 Å². The summed E-state index contributed by atoms with van der Waals surface area (Å²) in [4.78, 5) is 11.9. The summed E-state index contributed by atoms with van der Waals surface area (Å²) in [5.41, 5.74) is 0.260. The smallest absolute Gasteiger partial charge is 0.319 e. The number of thiophene rings is 1. The van der Waals surface area contributed by atoms with Crippen LogP contribution in [0.4, 0.5) is 10.5 Å². The fraction of sp³-hybridized carbons (Fsp3) is 0.267. The van der Waals surface area contributed by atoms with E-state index in [0.717, 1.165) is 5.56 Å². The van der Waals surface area contributed by atoms with Gasteiger partial charge in [-0.3, -0.25) is 0 Å². The molecule has 0 aliphatic heterocycles. The Kier molecular flexibility index (Phi) is 4.82. The standard InChI is InChI=1S/C15H18N2O3S/c1-15(19,11-7-8-21-9-11)10-16-14(18)17-12-5-3-4-6-13(12)20-2/h3-9,19H,10H2,1-2H3,(H2,16,17,18)/t15-/m1/s1. The van der Waals surface area contributed by atoms with E-state index in [0.29, 0.717) is 11.4 Å². The molecular weight excluding hydrogens is 288 g/mol. The fourth-order valence-corrected chi connectivity index (χ4v) is 2.62. The number of anilines is 1. The molecule has 1 heterocycles. The van der Waals surface area contributed by atoms with Gasteiger partial charge in [0, 0.05) is 0 Å². The van der Waals surface area contributed by atoms with E-state index in [9.17, 15) is 9.90 Å². The lowest BCUT2D eigenvalue weighted by Crippen LogP contribution is -2.40. The van der Waals surface area contributed by atoms with Crippen LogP contribution in [-0.4, -0.2) is 24.8 Å². The van der Waals surface area contributed by atoms with E-state index in [1.165, 1.54) is 11.3 Å². The molecule has 0 radical (unpaired) electrons. The number of benzene rings is 1. The summed E-state index contributed by atoms with van der Waals surface area (Å²) < 4.78 is 5.16. The van der Waals surface area contributed by atoms with Crippen LogP contribution < -0.4 is 15.4 Å². The highest BCUT2D eigenvalue weighted by atomic mass is 32.1. The van der Waals surface area contributed by atoms with Crippen LogP contribution in [0.2, 0.25) is 0 Å². The molecule has 3 N–H and O–H groups in total. The highest BCUT2D eigenvalue weighted by Crippen LogP contribution is 2.24. The fourth-order valence-electron chi connectivity index (χ4n) is 1.84. The highest BCUT2D eigenvalue weighted by Gasteiger charge is 2.24. The number of rotatable bonds is 5. The third kappa shape index (κ3) is 3.96. The molecule has 0 bridgehead atoms. The maximum atomic E-state index is 11.9. The van der Waals surface area contributed by atoms with E-state index in [2.05, 4.69) is 10.6 Å². The zero-order valence-corrected chi connectivity index (χ0v) is 12.7. The van der Waals surface area contributed by atoms with Gasteiger partial charge in [-0.05, 0) is 41.4 Å². The van der Waals surface area contributed by atoms with Crippen LogP contribution in [0.15, 0.2) is 41.1 Å². The number of hydrogen-bond donors (Lipinski definition) is 3. The van der Waals surface area contributed by atoms with Crippen molar-refractivity contribution in [2.45, 2.75) is 12.5 Å². The number of ether oxygens (including phenoxy) is 1. The summed E-state index contributed by atoms with van der Waals surface area (Å²) >= 11 is 1.50. The van der Waals surface area contributed by atoms with Crippen molar-refractivity contribution in [3.8, 4) is 5.75 Å². The van der Waals surface area contributed by atoms with E-state index in [1.807, 2.05) is 22.9 Å². The number of para-hydroxylation sites is 2. The normalized spacial score (nSPS) is 13.3. The first-order valence-electron chi connectivity index (χ1n) is 6.46. The third-order valence-electron chi connectivity index (χ3n) is 3.09. The zero-order chi connectivity index (χ0) is 15.3. The van der Waals surface area contributed by atoms with Crippen molar-refractivity contribution < 1.29 is 14.6 Å². The van der Waals surface area contributed by atoms with Crippen molar-refractivity contribution in [1.82, 2.24) is 5.32 Å². The monoisotopic (exact) mass is 306 g/mol. The Morgan fingerprint density at radius 3 is 2.81 bits per heavy atom. The Morgan fingerprint density at radius 2 is 2.14 bits per heavy atom. The molecule has 2 amide bonds. The number of hydrogen-bond acceptors (Lipinski definition) is 4. The lowest BCUT2D eigenvalue weighted by atomic mass is 9.99. The number of aliphatic hydroxyl groups is 1. The number of carbonyl (C=O) groups is 1. The molecule has 5 nitrogen and oxygen atoms in total. The summed E-state index contributed by atoms with van der Waals surface area (Å²) in [6.45, 7) is 1.78. The van der Waals surface area contributed by atoms with Crippen LogP contribution >= 0.6 is 11.3 Å². The van der Waals surface area contributed by atoms with Gasteiger partial charge in [-0.1, -0.05) is 12.1 Å². The van der Waals surface area contributed by atoms with Crippen molar-refractivity contribution in [3.63, 3.8) is 0 Å². The quantitative estimate of drug-likeness (QED) is 0.795. The van der Waals surface area contributed by atoms with Gasteiger partial charge in [0.05, 0.1) is 19.3 Å². The van der Waals surface area contributed by atoms with Gasteiger partial charge in [0.2, 0.25) is 0 Å². The summed E-state index contributed by atoms with van der Waals surface area (Å²) in [6, 6.07) is 8.58. The SMILES string of the molecule is COc1ccccc1NC(=O)NC[C@@](C)(O)c1ccsc1. The van der Waals surface area contributed by atoms with Crippen LogP contribution in [-0.2, 0) is 5.60 Å². The van der Waals surface area contributed by atoms with Crippen molar-refractivity contribution in [2.75, 3.05) is 19.0 Å². The first-order valence-corrected chi connectivity index (χ1v) is 7.40. The lowest BCUT2D eigenvalue weighted by Gasteiger charge is -2.23. The molecule has 1 aromatic carbocycles. The predicted molar refractivity (Wildman–Crippen MR) is 83.9 cm³/mol. The Bertz CT molecular complexity index is 597. The van der Waals surface area contributed by atoms with Gasteiger partial charge < -0.3 is 20.5 Å². The zero-order valence-electron chi connectivity index (χ0n) is 11.9. The number of urea groups is 1. The first kappa shape index (κ1) is 15.3. The van der Waals surface area contributed by atoms with Crippen molar-refractivity contribution in [3.05, 3.63) is 46.7 Å².